The van der Waals surface area contributed by atoms with E-state index in [0.29, 0.717) is 38.4 Å². The SMILES string of the molecule is CN[C@@H](C)CN(C(=O)C(F)(F)F)[C@H]1COc2ccccc2N(Cc2nn(-c3ccccc3C#N)c3cc(Br)ccc23)C1=O. The molecule has 222 valence electrons. The first-order valence-electron chi connectivity index (χ1n) is 13.3. The molecule has 1 aliphatic heterocycles. The number of ether oxygens (including phenoxy) is 1. The van der Waals surface area contributed by atoms with Crippen LogP contribution in [-0.2, 0) is 16.1 Å². The van der Waals surface area contributed by atoms with Crippen molar-refractivity contribution in [3.8, 4) is 17.5 Å². The average Bonchev–Trinajstić information content (AvgIpc) is 3.28. The number of anilines is 1. The second-order valence-corrected chi connectivity index (χ2v) is 10.9. The molecule has 0 saturated carbocycles. The maximum Gasteiger partial charge on any atom is 0.471 e. The van der Waals surface area contributed by atoms with Crippen LogP contribution in [-0.4, -0.2) is 65.0 Å². The zero-order valence-electron chi connectivity index (χ0n) is 23.1. The van der Waals surface area contributed by atoms with E-state index < -0.39 is 36.7 Å². The molecule has 3 aromatic carbocycles. The molecule has 4 aromatic rings. The van der Waals surface area contributed by atoms with Gasteiger partial charge >= 0.3 is 12.1 Å². The Bertz CT molecular complexity index is 1730. The van der Waals surface area contributed by atoms with Crippen molar-refractivity contribution in [2.24, 2.45) is 0 Å². The number of para-hydroxylation sites is 3. The van der Waals surface area contributed by atoms with Gasteiger partial charge in [-0.3, -0.25) is 9.59 Å². The van der Waals surface area contributed by atoms with E-state index in [9.17, 15) is 28.0 Å². The van der Waals surface area contributed by atoms with E-state index in [-0.39, 0.29) is 18.8 Å². The molecular weight excluding hydrogens is 629 g/mol. The summed E-state index contributed by atoms with van der Waals surface area (Å²) >= 11 is 3.48. The number of likely N-dealkylation sites (N-methyl/N-ethyl adjacent to an activating group) is 1. The van der Waals surface area contributed by atoms with Crippen molar-refractivity contribution in [3.63, 3.8) is 0 Å². The third kappa shape index (κ3) is 5.93. The van der Waals surface area contributed by atoms with Gasteiger partial charge in [0.1, 0.15) is 24.5 Å². The molecule has 43 heavy (non-hydrogen) atoms. The minimum absolute atomic E-state index is 0.148. The molecule has 0 saturated heterocycles. The van der Waals surface area contributed by atoms with Crippen LogP contribution < -0.4 is 15.0 Å². The second-order valence-electron chi connectivity index (χ2n) is 10.0. The lowest BCUT2D eigenvalue weighted by Crippen LogP contribution is -2.58. The fraction of sp³-hybridized carbons (Fsp3) is 0.267. The number of fused-ring (bicyclic) bond motifs is 2. The number of carbonyl (C=O) groups excluding carboxylic acids is 2. The first kappa shape index (κ1) is 30.1. The van der Waals surface area contributed by atoms with E-state index in [1.54, 1.807) is 73.3 Å². The smallest absolute Gasteiger partial charge is 0.471 e. The largest absolute Gasteiger partial charge is 0.489 e. The Morgan fingerprint density at radius 2 is 1.88 bits per heavy atom. The minimum atomic E-state index is -5.20. The molecule has 1 aromatic heterocycles. The lowest BCUT2D eigenvalue weighted by molar-refractivity contribution is -0.189. The van der Waals surface area contributed by atoms with Crippen LogP contribution in [0.5, 0.6) is 5.75 Å². The molecule has 2 heterocycles. The zero-order valence-corrected chi connectivity index (χ0v) is 24.7. The van der Waals surface area contributed by atoms with Crippen LogP contribution in [0.25, 0.3) is 16.6 Å². The highest BCUT2D eigenvalue weighted by atomic mass is 79.9. The molecule has 1 aliphatic rings. The standard InChI is InChI=1S/C30H26BrF3N6O3/c1-18(36-2)15-39(29(42)30(32,33)34)26-17-43-27-10-6-5-9-24(27)38(28(26)41)16-22-21-12-11-20(31)13-25(21)40(37-22)23-8-4-3-7-19(23)14-35/h3-13,18,26,36H,15-17H2,1-2H3/t18-,26-/m0/s1. The van der Waals surface area contributed by atoms with Gasteiger partial charge in [-0.25, -0.2) is 4.68 Å². The second kappa shape index (κ2) is 12.1. The summed E-state index contributed by atoms with van der Waals surface area (Å²) < 4.78 is 49.5. The first-order chi connectivity index (χ1) is 20.5. The summed E-state index contributed by atoms with van der Waals surface area (Å²) in [6, 6.07) is 19.0. The fourth-order valence-electron chi connectivity index (χ4n) is 4.98. The molecule has 0 bridgehead atoms. The van der Waals surface area contributed by atoms with E-state index in [1.165, 1.54) is 4.90 Å². The van der Waals surface area contributed by atoms with Crippen LogP contribution in [0.4, 0.5) is 18.9 Å². The summed E-state index contributed by atoms with van der Waals surface area (Å²) in [7, 11) is 1.55. The van der Waals surface area contributed by atoms with Crippen molar-refractivity contribution in [1.82, 2.24) is 20.0 Å². The Labute approximate surface area is 253 Å². The van der Waals surface area contributed by atoms with E-state index in [4.69, 9.17) is 9.84 Å². The number of nitrogens with zero attached hydrogens (tertiary/aromatic N) is 5. The highest BCUT2D eigenvalue weighted by molar-refractivity contribution is 9.10. The predicted molar refractivity (Wildman–Crippen MR) is 157 cm³/mol. The average molecular weight is 655 g/mol. The van der Waals surface area contributed by atoms with Gasteiger partial charge in [0, 0.05) is 22.4 Å². The lowest BCUT2D eigenvalue weighted by atomic mass is 10.1. The fourth-order valence-corrected chi connectivity index (χ4v) is 5.33. The highest BCUT2D eigenvalue weighted by Crippen LogP contribution is 2.36. The molecule has 5 rings (SSSR count). The molecule has 0 radical (unpaired) electrons. The molecular formula is C30H26BrF3N6O3. The van der Waals surface area contributed by atoms with Crippen LogP contribution in [0, 0.1) is 11.3 Å². The van der Waals surface area contributed by atoms with E-state index in [1.807, 2.05) is 12.1 Å². The summed E-state index contributed by atoms with van der Waals surface area (Å²) in [5.74, 6) is -2.60. The number of benzene rings is 3. The van der Waals surface area contributed by atoms with Gasteiger partial charge in [-0.15, -0.1) is 0 Å². The molecule has 0 unspecified atom stereocenters. The number of halogens is 4. The van der Waals surface area contributed by atoms with Crippen LogP contribution in [0.2, 0.25) is 0 Å². The molecule has 0 aliphatic carbocycles. The van der Waals surface area contributed by atoms with Crippen molar-refractivity contribution < 1.29 is 27.5 Å². The van der Waals surface area contributed by atoms with Gasteiger partial charge in [0.2, 0.25) is 0 Å². The molecule has 2 amide bonds. The molecule has 0 spiro atoms. The molecule has 13 heteroatoms. The Morgan fingerprint density at radius 1 is 1.19 bits per heavy atom. The normalized spacial score (nSPS) is 15.8. The number of rotatable bonds is 7. The third-order valence-electron chi connectivity index (χ3n) is 7.23. The van der Waals surface area contributed by atoms with Gasteiger partial charge < -0.3 is 19.9 Å². The van der Waals surface area contributed by atoms with Gasteiger partial charge in [-0.05, 0) is 56.4 Å². The van der Waals surface area contributed by atoms with Crippen LogP contribution in [0.15, 0.2) is 71.2 Å². The topological polar surface area (TPSA) is 103 Å². The summed E-state index contributed by atoms with van der Waals surface area (Å²) in [5.41, 5.74) is 2.30. The number of nitriles is 1. The van der Waals surface area contributed by atoms with E-state index >= 15 is 0 Å². The molecule has 9 nitrogen and oxygen atoms in total. The third-order valence-corrected chi connectivity index (χ3v) is 7.72. The van der Waals surface area contributed by atoms with Gasteiger partial charge in [0.25, 0.3) is 5.91 Å². The molecule has 0 fully saturated rings. The van der Waals surface area contributed by atoms with Crippen molar-refractivity contribution >= 4 is 44.3 Å². The summed E-state index contributed by atoms with van der Waals surface area (Å²) in [6.45, 7) is 0.615. The minimum Gasteiger partial charge on any atom is -0.489 e. The van der Waals surface area contributed by atoms with Crippen molar-refractivity contribution in [1.29, 1.82) is 5.26 Å². The summed E-state index contributed by atoms with van der Waals surface area (Å²) in [5, 5.41) is 18.0. The number of aromatic nitrogens is 2. The summed E-state index contributed by atoms with van der Waals surface area (Å²) in [6.07, 6.45) is -5.20. The molecule has 2 atom stereocenters. The first-order valence-corrected chi connectivity index (χ1v) is 14.1. The quantitative estimate of drug-likeness (QED) is 0.302. The maximum atomic E-state index is 14.2. The van der Waals surface area contributed by atoms with Gasteiger partial charge in [-0.2, -0.15) is 23.5 Å². The van der Waals surface area contributed by atoms with Crippen LogP contribution in [0.1, 0.15) is 18.2 Å². The number of hydrogen-bond donors (Lipinski definition) is 1. The number of alkyl halides is 3. The van der Waals surface area contributed by atoms with Gasteiger partial charge in [0.05, 0.1) is 34.7 Å². The number of hydrogen-bond acceptors (Lipinski definition) is 6. The number of amides is 2. The Kier molecular flexibility index (Phi) is 8.43. The van der Waals surface area contributed by atoms with E-state index in [0.717, 1.165) is 4.47 Å². The Balaban J connectivity index is 1.63. The van der Waals surface area contributed by atoms with Crippen LogP contribution >= 0.6 is 15.9 Å². The molecule has 1 N–H and O–H groups in total. The highest BCUT2D eigenvalue weighted by Gasteiger charge is 2.48. The van der Waals surface area contributed by atoms with Crippen LogP contribution in [0.3, 0.4) is 0 Å². The maximum absolute atomic E-state index is 14.2. The van der Waals surface area contributed by atoms with Crippen molar-refractivity contribution in [3.05, 3.63) is 82.5 Å². The Morgan fingerprint density at radius 3 is 2.58 bits per heavy atom. The van der Waals surface area contributed by atoms with Gasteiger partial charge in [-0.1, -0.05) is 40.2 Å². The van der Waals surface area contributed by atoms with E-state index in [2.05, 4.69) is 27.3 Å². The number of nitrogens with one attached hydrogen (secondary N) is 1. The van der Waals surface area contributed by atoms with Gasteiger partial charge in [0.15, 0.2) is 0 Å². The number of carbonyl (C=O) groups is 2. The summed E-state index contributed by atoms with van der Waals surface area (Å²) in [4.78, 5) is 28.7. The van der Waals surface area contributed by atoms with Crippen molar-refractivity contribution in [2.45, 2.75) is 31.7 Å². The monoisotopic (exact) mass is 654 g/mol. The lowest BCUT2D eigenvalue weighted by Gasteiger charge is -2.34. The predicted octanol–water partition coefficient (Wildman–Crippen LogP) is 4.95. The Hall–Kier alpha value is -4.41. The van der Waals surface area contributed by atoms with Crippen molar-refractivity contribution in [2.75, 3.05) is 25.1 Å². The zero-order chi connectivity index (χ0) is 30.9.